The van der Waals surface area contributed by atoms with Crippen molar-refractivity contribution >= 4 is 38.8 Å². The van der Waals surface area contributed by atoms with Gasteiger partial charge in [-0.15, -0.1) is 0 Å². The standard InChI is InChI=1S/C12H10Cl2N2O4S/c1-5-8(12(18)16-15-5)11(17)6-3-4-7(21(2,19)20)10(14)9(6)13/h3-4H,1-2H3,(H2,15,16,18). The Hall–Kier alpha value is -1.57. The van der Waals surface area contributed by atoms with Crippen molar-refractivity contribution in [2.24, 2.45) is 0 Å². The van der Waals surface area contributed by atoms with Crippen LogP contribution in [0, 0.1) is 6.92 Å². The number of nitrogens with one attached hydrogen (secondary N) is 2. The molecule has 0 bridgehead atoms. The van der Waals surface area contributed by atoms with Crippen LogP contribution in [0.15, 0.2) is 21.8 Å². The lowest BCUT2D eigenvalue weighted by Gasteiger charge is -2.08. The molecule has 0 amide bonds. The Morgan fingerprint density at radius 3 is 2.24 bits per heavy atom. The summed E-state index contributed by atoms with van der Waals surface area (Å²) in [6.45, 7) is 1.55. The summed E-state index contributed by atoms with van der Waals surface area (Å²) in [4.78, 5) is 23.8. The van der Waals surface area contributed by atoms with Gasteiger partial charge in [-0.2, -0.15) is 0 Å². The minimum atomic E-state index is -3.57. The molecule has 0 aliphatic rings. The molecule has 9 heteroatoms. The van der Waals surface area contributed by atoms with Gasteiger partial charge < -0.3 is 5.10 Å². The summed E-state index contributed by atoms with van der Waals surface area (Å²) in [5.74, 6) is -0.637. The normalized spacial score (nSPS) is 11.6. The smallest absolute Gasteiger partial charge is 0.275 e. The topological polar surface area (TPSA) is 99.9 Å². The van der Waals surface area contributed by atoms with E-state index in [4.69, 9.17) is 23.2 Å². The quantitative estimate of drug-likeness (QED) is 0.827. The zero-order valence-corrected chi connectivity index (χ0v) is 13.3. The first kappa shape index (κ1) is 15.8. The van der Waals surface area contributed by atoms with Gasteiger partial charge >= 0.3 is 0 Å². The van der Waals surface area contributed by atoms with E-state index in [-0.39, 0.29) is 26.1 Å². The maximum absolute atomic E-state index is 12.4. The van der Waals surface area contributed by atoms with Crippen molar-refractivity contribution in [2.75, 3.05) is 6.26 Å². The lowest BCUT2D eigenvalue weighted by atomic mass is 10.0. The van der Waals surface area contributed by atoms with Crippen LogP contribution in [0.1, 0.15) is 21.6 Å². The van der Waals surface area contributed by atoms with Crippen LogP contribution in [0.2, 0.25) is 10.0 Å². The van der Waals surface area contributed by atoms with Gasteiger partial charge in [-0.1, -0.05) is 23.2 Å². The third kappa shape index (κ3) is 2.76. The molecule has 2 N–H and O–H groups in total. The molecule has 1 heterocycles. The molecule has 1 aromatic heterocycles. The molecule has 0 spiro atoms. The molecule has 6 nitrogen and oxygen atoms in total. The first-order chi connectivity index (χ1) is 9.64. The molecule has 0 fully saturated rings. The van der Waals surface area contributed by atoms with Crippen molar-refractivity contribution in [1.29, 1.82) is 0 Å². The van der Waals surface area contributed by atoms with Gasteiger partial charge in [0.25, 0.3) is 5.56 Å². The number of sulfone groups is 1. The van der Waals surface area contributed by atoms with Gasteiger partial charge in [-0.25, -0.2) is 8.42 Å². The summed E-state index contributed by atoms with van der Waals surface area (Å²) in [5.41, 5.74) is -0.372. The number of aromatic amines is 2. The minimum absolute atomic E-state index is 0.0396. The van der Waals surface area contributed by atoms with Crippen molar-refractivity contribution in [3.05, 3.63) is 49.4 Å². The molecule has 21 heavy (non-hydrogen) atoms. The van der Waals surface area contributed by atoms with E-state index in [1.54, 1.807) is 6.92 Å². The van der Waals surface area contributed by atoms with E-state index in [0.29, 0.717) is 5.69 Å². The Bertz CT molecular complexity index is 896. The number of halogens is 2. The fourth-order valence-electron chi connectivity index (χ4n) is 1.85. The highest BCUT2D eigenvalue weighted by atomic mass is 35.5. The Morgan fingerprint density at radius 1 is 1.14 bits per heavy atom. The molecule has 0 unspecified atom stereocenters. The van der Waals surface area contributed by atoms with Crippen molar-refractivity contribution in [3.63, 3.8) is 0 Å². The maximum Gasteiger partial charge on any atom is 0.275 e. The lowest BCUT2D eigenvalue weighted by Crippen LogP contribution is -2.15. The Balaban J connectivity index is 2.65. The molecular formula is C12H10Cl2N2O4S. The van der Waals surface area contributed by atoms with E-state index in [0.717, 1.165) is 6.26 Å². The summed E-state index contributed by atoms with van der Waals surface area (Å²) < 4.78 is 23.1. The van der Waals surface area contributed by atoms with Crippen LogP contribution >= 0.6 is 23.2 Å². The number of aryl methyl sites for hydroxylation is 1. The number of rotatable bonds is 3. The van der Waals surface area contributed by atoms with Gasteiger partial charge in [0.05, 0.1) is 14.9 Å². The molecule has 2 aromatic rings. The molecule has 0 saturated heterocycles. The number of H-pyrrole nitrogens is 2. The number of aromatic nitrogens is 2. The van der Waals surface area contributed by atoms with Gasteiger partial charge in [-0.3, -0.25) is 14.7 Å². The van der Waals surface area contributed by atoms with Gasteiger partial charge in [0.15, 0.2) is 9.84 Å². The van der Waals surface area contributed by atoms with Gasteiger partial charge in [0.1, 0.15) is 5.56 Å². The largest absolute Gasteiger partial charge is 0.302 e. The van der Waals surface area contributed by atoms with E-state index in [1.807, 2.05) is 0 Å². The van der Waals surface area contributed by atoms with Gasteiger partial charge in [0.2, 0.25) is 5.78 Å². The molecule has 0 saturated carbocycles. The van der Waals surface area contributed by atoms with E-state index in [1.165, 1.54) is 12.1 Å². The molecule has 0 aliphatic heterocycles. The second-order valence-corrected chi connectivity index (χ2v) is 7.16. The molecule has 112 valence electrons. The fraction of sp³-hybridized carbons (Fsp3) is 0.167. The Labute approximate surface area is 130 Å². The zero-order valence-electron chi connectivity index (χ0n) is 11.0. The van der Waals surface area contributed by atoms with Crippen LogP contribution < -0.4 is 5.56 Å². The lowest BCUT2D eigenvalue weighted by molar-refractivity contribution is 0.103. The Kier molecular flexibility index (Phi) is 4.01. The van der Waals surface area contributed by atoms with Crippen LogP contribution in [-0.2, 0) is 9.84 Å². The maximum atomic E-state index is 12.4. The van der Waals surface area contributed by atoms with E-state index in [2.05, 4.69) is 10.2 Å². The van der Waals surface area contributed by atoms with Crippen LogP contribution in [0.4, 0.5) is 0 Å². The van der Waals surface area contributed by atoms with Gasteiger partial charge in [0, 0.05) is 17.5 Å². The molecule has 0 atom stereocenters. The summed E-state index contributed by atoms with van der Waals surface area (Å²) in [6, 6.07) is 2.42. The second-order valence-electron chi connectivity index (χ2n) is 4.42. The first-order valence-electron chi connectivity index (χ1n) is 5.64. The Morgan fingerprint density at radius 2 is 1.76 bits per heavy atom. The number of benzene rings is 1. The summed E-state index contributed by atoms with van der Waals surface area (Å²) in [6.07, 6.45) is 0.979. The van der Waals surface area contributed by atoms with Crippen LogP contribution in [0.5, 0.6) is 0 Å². The van der Waals surface area contributed by atoms with E-state index < -0.39 is 21.2 Å². The van der Waals surface area contributed by atoms with Crippen molar-refractivity contribution in [3.8, 4) is 0 Å². The van der Waals surface area contributed by atoms with Crippen LogP contribution in [0.25, 0.3) is 0 Å². The molecule has 0 aliphatic carbocycles. The zero-order chi connectivity index (χ0) is 15.9. The number of carbonyl (C=O) groups excluding carboxylic acids is 1. The van der Waals surface area contributed by atoms with E-state index in [9.17, 15) is 18.0 Å². The third-order valence-electron chi connectivity index (χ3n) is 2.88. The summed E-state index contributed by atoms with van der Waals surface area (Å²) >= 11 is 11.9. The SMILES string of the molecule is Cc1[nH][nH]c(=O)c1C(=O)c1ccc(S(C)(=O)=O)c(Cl)c1Cl. The average molecular weight is 349 g/mol. The minimum Gasteiger partial charge on any atom is -0.302 e. The number of carbonyl (C=O) groups is 1. The highest BCUT2D eigenvalue weighted by Gasteiger charge is 2.24. The number of hydrogen-bond acceptors (Lipinski definition) is 4. The van der Waals surface area contributed by atoms with E-state index >= 15 is 0 Å². The van der Waals surface area contributed by atoms with Crippen molar-refractivity contribution < 1.29 is 13.2 Å². The molecule has 0 radical (unpaired) electrons. The monoisotopic (exact) mass is 348 g/mol. The third-order valence-corrected chi connectivity index (χ3v) is 5.02. The molecular weight excluding hydrogens is 339 g/mol. The first-order valence-corrected chi connectivity index (χ1v) is 8.29. The van der Waals surface area contributed by atoms with Crippen LogP contribution in [0.3, 0.4) is 0 Å². The van der Waals surface area contributed by atoms with Crippen LogP contribution in [-0.4, -0.2) is 30.7 Å². The second kappa shape index (κ2) is 5.32. The highest BCUT2D eigenvalue weighted by Crippen LogP contribution is 2.33. The summed E-state index contributed by atoms with van der Waals surface area (Å²) in [7, 11) is -3.57. The molecule has 1 aromatic carbocycles. The average Bonchev–Trinajstić information content (AvgIpc) is 2.70. The molecule has 2 rings (SSSR count). The number of ketones is 1. The van der Waals surface area contributed by atoms with Crippen molar-refractivity contribution in [2.45, 2.75) is 11.8 Å². The highest BCUT2D eigenvalue weighted by molar-refractivity contribution is 7.90. The summed E-state index contributed by atoms with van der Waals surface area (Å²) in [5, 5.41) is 4.37. The number of hydrogen-bond donors (Lipinski definition) is 2. The predicted octanol–water partition coefficient (Wildman–Crippen LogP) is 1.95. The fourth-order valence-corrected chi connectivity index (χ4v) is 3.48. The van der Waals surface area contributed by atoms with Gasteiger partial charge in [-0.05, 0) is 19.1 Å². The predicted molar refractivity (Wildman–Crippen MR) is 79.2 cm³/mol. The van der Waals surface area contributed by atoms with Crippen molar-refractivity contribution in [1.82, 2.24) is 10.2 Å².